The van der Waals surface area contributed by atoms with Crippen LogP contribution in [0.4, 0.5) is 0 Å². The maximum absolute atomic E-state index is 12.8. The van der Waals surface area contributed by atoms with E-state index in [1.54, 1.807) is 0 Å². The molecule has 0 bridgehead atoms. The number of allylic oxidation sites excluding steroid dienone is 16. The molecule has 1 rings (SSSR count). The summed E-state index contributed by atoms with van der Waals surface area (Å²) in [5.41, 5.74) is 0. The van der Waals surface area contributed by atoms with Crippen LogP contribution in [0, 0.1) is 0 Å². The van der Waals surface area contributed by atoms with Crippen molar-refractivity contribution >= 4 is 5.97 Å². The smallest absolute Gasteiger partial charge is 0.306 e. The topological polar surface area (TPSA) is 135 Å². The Labute approximate surface area is 377 Å². The molecule has 0 aromatic heterocycles. The molecule has 62 heavy (non-hydrogen) atoms. The highest BCUT2D eigenvalue weighted by atomic mass is 16.7. The van der Waals surface area contributed by atoms with E-state index in [0.29, 0.717) is 13.0 Å². The van der Waals surface area contributed by atoms with E-state index in [2.05, 4.69) is 111 Å². The van der Waals surface area contributed by atoms with E-state index < -0.39 is 43.4 Å². The van der Waals surface area contributed by atoms with Gasteiger partial charge < -0.3 is 39.4 Å². The SMILES string of the molecule is CC/C=C\C/C=C\C/C=C\C/C=C\CCCCCCCCCCCCCOCC(COC1OC(CO)C(O)C(O)C1O)OC(=O)CCCC/C=C\C/C=C\C/C=C\C/C=C\CC. The van der Waals surface area contributed by atoms with Crippen LogP contribution >= 0.6 is 0 Å². The van der Waals surface area contributed by atoms with Crippen LogP contribution in [-0.2, 0) is 23.7 Å². The fraction of sp³-hybridized carbons (Fsp3) is 0.679. The van der Waals surface area contributed by atoms with Gasteiger partial charge in [-0.1, -0.05) is 169 Å². The third-order valence-corrected chi connectivity index (χ3v) is 10.5. The van der Waals surface area contributed by atoms with E-state index in [1.165, 1.54) is 57.8 Å². The van der Waals surface area contributed by atoms with Gasteiger partial charge in [0.1, 0.15) is 30.5 Å². The summed E-state index contributed by atoms with van der Waals surface area (Å²) in [7, 11) is 0. The fourth-order valence-corrected chi connectivity index (χ4v) is 6.77. The average molecular weight is 869 g/mol. The van der Waals surface area contributed by atoms with Crippen LogP contribution in [0.25, 0.3) is 0 Å². The van der Waals surface area contributed by atoms with Gasteiger partial charge in [0.2, 0.25) is 0 Å². The summed E-state index contributed by atoms with van der Waals surface area (Å²) in [6.45, 7) is 4.25. The zero-order chi connectivity index (χ0) is 45.0. The average Bonchev–Trinajstić information content (AvgIpc) is 3.27. The Bertz CT molecular complexity index is 1260. The quantitative estimate of drug-likeness (QED) is 0.0270. The molecule has 0 radical (unpaired) electrons. The van der Waals surface area contributed by atoms with E-state index in [-0.39, 0.29) is 25.6 Å². The standard InChI is InChI=1S/C53H88O9/c1-3-5-7-9-11-13-15-17-19-20-21-22-23-24-25-26-27-29-31-33-35-37-39-41-43-59-45-47(46-60-53-52(58)51(57)50(56)48(44-54)62-53)61-49(55)42-40-38-36-34-32-30-28-18-16-14-12-10-8-6-4-2/h5-8,11-14,17-19,21-22,28,32,34,47-48,50-54,56-58H,3-4,9-10,15-16,20,23-27,29-31,33,35-46H2,1-2H3/b7-5-,8-6-,13-11-,14-12-,19-17-,22-21-,28-18-,34-32-. The summed E-state index contributed by atoms with van der Waals surface area (Å²) in [5.74, 6) is -0.358. The van der Waals surface area contributed by atoms with Gasteiger partial charge in [0.25, 0.3) is 0 Å². The molecule has 1 saturated heterocycles. The molecule has 0 spiro atoms. The van der Waals surface area contributed by atoms with Crippen molar-refractivity contribution in [3.8, 4) is 0 Å². The Hall–Kier alpha value is -2.89. The Balaban J connectivity index is 2.23. The molecule has 9 nitrogen and oxygen atoms in total. The Morgan fingerprint density at radius 3 is 1.40 bits per heavy atom. The molecule has 6 unspecified atom stereocenters. The summed E-state index contributed by atoms with van der Waals surface area (Å²) >= 11 is 0. The van der Waals surface area contributed by atoms with Crippen LogP contribution in [0.5, 0.6) is 0 Å². The molecule has 0 aliphatic carbocycles. The van der Waals surface area contributed by atoms with Crippen molar-refractivity contribution in [3.05, 3.63) is 97.2 Å². The van der Waals surface area contributed by atoms with Crippen molar-refractivity contribution in [2.45, 2.75) is 205 Å². The molecule has 0 aromatic rings. The number of aliphatic hydroxyl groups excluding tert-OH is 4. The number of rotatable bonds is 40. The summed E-state index contributed by atoms with van der Waals surface area (Å²) in [4.78, 5) is 12.8. The Morgan fingerprint density at radius 1 is 0.516 bits per heavy atom. The fourth-order valence-electron chi connectivity index (χ4n) is 6.77. The van der Waals surface area contributed by atoms with Crippen molar-refractivity contribution in [2.75, 3.05) is 26.4 Å². The van der Waals surface area contributed by atoms with Crippen LogP contribution in [0.15, 0.2) is 97.2 Å². The maximum Gasteiger partial charge on any atom is 0.306 e. The number of carbonyl (C=O) groups is 1. The molecule has 0 saturated carbocycles. The first-order valence-corrected chi connectivity index (χ1v) is 24.3. The van der Waals surface area contributed by atoms with Gasteiger partial charge in [-0.25, -0.2) is 0 Å². The van der Waals surface area contributed by atoms with Gasteiger partial charge in [-0.2, -0.15) is 0 Å². The molecule has 1 heterocycles. The van der Waals surface area contributed by atoms with Gasteiger partial charge in [0.15, 0.2) is 6.29 Å². The van der Waals surface area contributed by atoms with E-state index in [1.807, 2.05) is 0 Å². The number of unbranched alkanes of at least 4 members (excludes halogenated alkanes) is 13. The minimum atomic E-state index is -1.55. The number of hydrogen-bond donors (Lipinski definition) is 4. The zero-order valence-corrected chi connectivity index (χ0v) is 38.8. The van der Waals surface area contributed by atoms with Gasteiger partial charge >= 0.3 is 5.97 Å². The third-order valence-electron chi connectivity index (χ3n) is 10.5. The molecule has 9 heteroatoms. The highest BCUT2D eigenvalue weighted by molar-refractivity contribution is 5.69. The number of esters is 1. The highest BCUT2D eigenvalue weighted by Crippen LogP contribution is 2.22. The van der Waals surface area contributed by atoms with Crippen molar-refractivity contribution in [1.82, 2.24) is 0 Å². The molecule has 1 aliphatic rings. The minimum Gasteiger partial charge on any atom is -0.457 e. The third kappa shape index (κ3) is 33.6. The lowest BCUT2D eigenvalue weighted by Crippen LogP contribution is -2.59. The minimum absolute atomic E-state index is 0.120. The summed E-state index contributed by atoms with van der Waals surface area (Å²) < 4.78 is 22.8. The summed E-state index contributed by atoms with van der Waals surface area (Å²) in [6.07, 6.45) is 53.0. The predicted molar refractivity (Wildman–Crippen MR) is 256 cm³/mol. The molecule has 6 atom stereocenters. The highest BCUT2D eigenvalue weighted by Gasteiger charge is 2.44. The van der Waals surface area contributed by atoms with Crippen molar-refractivity contribution in [1.29, 1.82) is 0 Å². The van der Waals surface area contributed by atoms with Crippen molar-refractivity contribution in [2.24, 2.45) is 0 Å². The normalized spacial score (nSPS) is 20.6. The molecule has 4 N–H and O–H groups in total. The van der Waals surface area contributed by atoms with Crippen LogP contribution in [0.3, 0.4) is 0 Å². The van der Waals surface area contributed by atoms with Gasteiger partial charge in [0, 0.05) is 13.0 Å². The second kappa shape index (κ2) is 43.4. The lowest BCUT2D eigenvalue weighted by Gasteiger charge is -2.39. The first-order valence-electron chi connectivity index (χ1n) is 24.3. The van der Waals surface area contributed by atoms with E-state index >= 15 is 0 Å². The Kier molecular flexibility index (Phi) is 40.0. The van der Waals surface area contributed by atoms with Crippen molar-refractivity contribution in [3.63, 3.8) is 0 Å². The molecule has 354 valence electrons. The van der Waals surface area contributed by atoms with Gasteiger partial charge in [-0.3, -0.25) is 4.79 Å². The molecule has 0 aromatic carbocycles. The van der Waals surface area contributed by atoms with Crippen molar-refractivity contribution < 1.29 is 44.2 Å². The largest absolute Gasteiger partial charge is 0.457 e. The zero-order valence-electron chi connectivity index (χ0n) is 38.8. The van der Waals surface area contributed by atoms with E-state index in [9.17, 15) is 25.2 Å². The van der Waals surface area contributed by atoms with Crippen LogP contribution < -0.4 is 0 Å². The summed E-state index contributed by atoms with van der Waals surface area (Å²) in [5, 5.41) is 40.2. The van der Waals surface area contributed by atoms with Gasteiger partial charge in [-0.05, 0) is 89.9 Å². The molecule has 0 amide bonds. The number of aliphatic hydroxyl groups is 4. The van der Waals surface area contributed by atoms with Gasteiger partial charge in [0.05, 0.1) is 19.8 Å². The van der Waals surface area contributed by atoms with Crippen LogP contribution in [0.1, 0.15) is 168 Å². The van der Waals surface area contributed by atoms with Gasteiger partial charge in [-0.15, -0.1) is 0 Å². The molecule has 1 fully saturated rings. The van der Waals surface area contributed by atoms with Crippen LogP contribution in [0.2, 0.25) is 0 Å². The van der Waals surface area contributed by atoms with E-state index in [0.717, 1.165) is 83.5 Å². The Morgan fingerprint density at radius 2 is 0.935 bits per heavy atom. The first kappa shape index (κ1) is 57.1. The lowest BCUT2D eigenvalue weighted by molar-refractivity contribution is -0.305. The molecular weight excluding hydrogens is 781 g/mol. The monoisotopic (exact) mass is 869 g/mol. The van der Waals surface area contributed by atoms with E-state index in [4.69, 9.17) is 18.9 Å². The number of carbonyl (C=O) groups excluding carboxylic acids is 1. The first-order chi connectivity index (χ1) is 30.4. The predicted octanol–water partition coefficient (Wildman–Crippen LogP) is 11.6. The maximum atomic E-state index is 12.8. The second-order valence-corrected chi connectivity index (χ2v) is 16.1. The lowest BCUT2D eigenvalue weighted by atomic mass is 9.99. The number of hydrogen-bond acceptors (Lipinski definition) is 9. The van der Waals surface area contributed by atoms with Crippen LogP contribution in [-0.4, -0.2) is 89.6 Å². The molecule has 1 aliphatic heterocycles. The second-order valence-electron chi connectivity index (χ2n) is 16.1. The summed E-state index contributed by atoms with van der Waals surface area (Å²) in [6, 6.07) is 0. The number of ether oxygens (including phenoxy) is 4. The molecular formula is C53H88O9.